The van der Waals surface area contributed by atoms with Crippen LogP contribution in [0.2, 0.25) is 10.0 Å². The van der Waals surface area contributed by atoms with Crippen molar-refractivity contribution in [2.24, 2.45) is 0 Å². The summed E-state index contributed by atoms with van der Waals surface area (Å²) in [5.74, 6) is -0.392. The van der Waals surface area contributed by atoms with Crippen molar-refractivity contribution in [2.45, 2.75) is 0 Å². The van der Waals surface area contributed by atoms with Gasteiger partial charge in [0.2, 0.25) is 0 Å². The smallest absolute Gasteiger partial charge is 0.270 e. The van der Waals surface area contributed by atoms with E-state index in [0.717, 1.165) is 0 Å². The van der Waals surface area contributed by atoms with Gasteiger partial charge in [-0.1, -0.05) is 47.5 Å². The number of ketones is 1. The van der Waals surface area contributed by atoms with Crippen LogP contribution < -0.4 is 0 Å². The predicted octanol–water partition coefficient (Wildman–Crippen LogP) is 7.37. The van der Waals surface area contributed by atoms with Crippen molar-refractivity contribution < 1.29 is 14.6 Å². The topological polar surface area (TPSA) is 103 Å². The highest BCUT2D eigenvalue weighted by Crippen LogP contribution is 2.35. The third-order valence-corrected chi connectivity index (χ3v) is 5.66. The first-order chi connectivity index (χ1) is 16.2. The molecule has 0 fully saturated rings. The van der Waals surface area contributed by atoms with E-state index in [1.54, 1.807) is 48.5 Å². The Hall–Kier alpha value is -4.07. The van der Waals surface area contributed by atoms with Crippen molar-refractivity contribution in [3.8, 4) is 22.3 Å². The van der Waals surface area contributed by atoms with Crippen LogP contribution in [0, 0.1) is 20.2 Å². The normalized spacial score (nSPS) is 10.6. The second kappa shape index (κ2) is 9.43. The first kappa shape index (κ1) is 23.1. The Bertz CT molecular complexity index is 1360. The number of non-ortho nitro benzene ring substituents is 2. The molecule has 0 aliphatic carbocycles. The molecule has 0 saturated heterocycles. The van der Waals surface area contributed by atoms with Crippen LogP contribution in [-0.4, -0.2) is 15.6 Å². The lowest BCUT2D eigenvalue weighted by Crippen LogP contribution is -2.06. The standard InChI is InChI=1S/C25H14Cl2N2O5/c26-17-7-9-21(23(13-17)15-3-1-5-19(11-15)28(31)32)25(30)22-10-8-18(27)14-24(22)16-4-2-6-20(12-16)29(33)34/h1-14H. The quantitative estimate of drug-likeness (QED) is 0.158. The fraction of sp³-hybridized carbons (Fsp3) is 0. The number of halogens is 2. The number of rotatable bonds is 6. The Morgan fingerprint density at radius 1 is 0.618 bits per heavy atom. The Morgan fingerprint density at radius 3 is 1.41 bits per heavy atom. The van der Waals surface area contributed by atoms with Crippen LogP contribution >= 0.6 is 23.2 Å². The molecule has 0 aliphatic rings. The first-order valence-electron chi connectivity index (χ1n) is 9.88. The van der Waals surface area contributed by atoms with E-state index in [-0.39, 0.29) is 22.5 Å². The van der Waals surface area contributed by atoms with Gasteiger partial charge in [-0.3, -0.25) is 25.0 Å². The van der Waals surface area contributed by atoms with Crippen LogP contribution in [0.3, 0.4) is 0 Å². The third-order valence-electron chi connectivity index (χ3n) is 5.19. The maximum atomic E-state index is 13.7. The van der Waals surface area contributed by atoms with E-state index in [2.05, 4.69) is 0 Å². The Balaban J connectivity index is 1.89. The number of nitro groups is 2. The van der Waals surface area contributed by atoms with Gasteiger partial charge in [0.05, 0.1) is 9.85 Å². The molecule has 0 N–H and O–H groups in total. The molecule has 34 heavy (non-hydrogen) atoms. The molecule has 0 bridgehead atoms. The van der Waals surface area contributed by atoms with Gasteiger partial charge >= 0.3 is 0 Å². The molecule has 0 aromatic heterocycles. The van der Waals surface area contributed by atoms with Gasteiger partial charge in [-0.05, 0) is 58.7 Å². The van der Waals surface area contributed by atoms with Crippen LogP contribution in [0.25, 0.3) is 22.3 Å². The molecule has 0 atom stereocenters. The van der Waals surface area contributed by atoms with Crippen LogP contribution in [0.1, 0.15) is 15.9 Å². The summed E-state index contributed by atoms with van der Waals surface area (Å²) in [6, 6.07) is 21.1. The molecule has 0 radical (unpaired) electrons. The number of hydrogen-bond donors (Lipinski definition) is 0. The summed E-state index contributed by atoms with van der Waals surface area (Å²) in [5.41, 5.74) is 2.01. The van der Waals surface area contributed by atoms with Gasteiger partial charge in [0.1, 0.15) is 0 Å². The Morgan fingerprint density at radius 2 is 1.03 bits per heavy atom. The monoisotopic (exact) mass is 492 g/mol. The number of nitro benzene ring substituents is 2. The number of nitrogens with zero attached hydrogens (tertiary/aromatic N) is 2. The van der Waals surface area contributed by atoms with E-state index in [1.807, 2.05) is 0 Å². The number of carbonyl (C=O) groups excluding carboxylic acids is 1. The summed E-state index contributed by atoms with van der Waals surface area (Å²) in [5, 5.41) is 23.2. The fourth-order valence-electron chi connectivity index (χ4n) is 3.63. The molecule has 4 aromatic carbocycles. The zero-order valence-electron chi connectivity index (χ0n) is 17.3. The zero-order chi connectivity index (χ0) is 24.4. The summed E-state index contributed by atoms with van der Waals surface area (Å²) in [7, 11) is 0. The van der Waals surface area contributed by atoms with E-state index in [4.69, 9.17) is 23.2 Å². The fourth-order valence-corrected chi connectivity index (χ4v) is 3.97. The van der Waals surface area contributed by atoms with Crippen molar-refractivity contribution in [1.29, 1.82) is 0 Å². The van der Waals surface area contributed by atoms with Gasteiger partial charge in [0.25, 0.3) is 11.4 Å². The van der Waals surface area contributed by atoms with E-state index >= 15 is 0 Å². The molecule has 0 spiro atoms. The summed E-state index contributed by atoms with van der Waals surface area (Å²) in [4.78, 5) is 35.2. The predicted molar refractivity (Wildman–Crippen MR) is 131 cm³/mol. The third kappa shape index (κ3) is 4.66. The highest BCUT2D eigenvalue weighted by Gasteiger charge is 2.21. The molecule has 4 aromatic rings. The summed E-state index contributed by atoms with van der Waals surface area (Å²) in [6.07, 6.45) is 0. The van der Waals surface area contributed by atoms with Crippen LogP contribution in [-0.2, 0) is 0 Å². The van der Waals surface area contributed by atoms with Crippen molar-refractivity contribution in [2.75, 3.05) is 0 Å². The largest absolute Gasteiger partial charge is 0.289 e. The van der Waals surface area contributed by atoms with E-state index < -0.39 is 15.6 Å². The molecule has 0 unspecified atom stereocenters. The average molecular weight is 493 g/mol. The number of benzene rings is 4. The lowest BCUT2D eigenvalue weighted by molar-refractivity contribution is -0.385. The van der Waals surface area contributed by atoms with Gasteiger partial charge in [-0.15, -0.1) is 0 Å². The van der Waals surface area contributed by atoms with Crippen LogP contribution in [0.5, 0.6) is 0 Å². The Labute approximate surface area is 203 Å². The van der Waals surface area contributed by atoms with Crippen molar-refractivity contribution in [3.05, 3.63) is 126 Å². The maximum absolute atomic E-state index is 13.7. The highest BCUT2D eigenvalue weighted by atomic mass is 35.5. The van der Waals surface area contributed by atoms with Gasteiger partial charge in [-0.2, -0.15) is 0 Å². The molecule has 0 saturated carbocycles. The van der Waals surface area contributed by atoms with Gasteiger partial charge in [0, 0.05) is 45.4 Å². The lowest BCUT2D eigenvalue weighted by atomic mass is 9.89. The van der Waals surface area contributed by atoms with Crippen molar-refractivity contribution in [1.82, 2.24) is 0 Å². The second-order valence-electron chi connectivity index (χ2n) is 7.32. The second-order valence-corrected chi connectivity index (χ2v) is 8.20. The van der Waals surface area contributed by atoms with Gasteiger partial charge < -0.3 is 0 Å². The molecular formula is C25H14Cl2N2O5. The molecule has 4 rings (SSSR count). The van der Waals surface area contributed by atoms with Gasteiger partial charge in [-0.25, -0.2) is 0 Å². The highest BCUT2D eigenvalue weighted by molar-refractivity contribution is 6.32. The average Bonchev–Trinajstić information content (AvgIpc) is 2.83. The number of carbonyl (C=O) groups is 1. The minimum absolute atomic E-state index is 0.125. The van der Waals surface area contributed by atoms with E-state index in [1.165, 1.54) is 36.4 Å². The minimum Gasteiger partial charge on any atom is -0.289 e. The Kier molecular flexibility index (Phi) is 6.40. The first-order valence-corrected chi connectivity index (χ1v) is 10.6. The molecular weight excluding hydrogens is 479 g/mol. The summed E-state index contributed by atoms with van der Waals surface area (Å²) < 4.78 is 0. The SMILES string of the molecule is O=C(c1ccc(Cl)cc1-c1cccc([N+](=O)[O-])c1)c1ccc(Cl)cc1-c1cccc([N+](=O)[O-])c1. The molecule has 168 valence electrons. The van der Waals surface area contributed by atoms with Crippen molar-refractivity contribution >= 4 is 40.4 Å². The number of hydrogen-bond acceptors (Lipinski definition) is 5. The van der Waals surface area contributed by atoms with E-state index in [0.29, 0.717) is 32.3 Å². The molecule has 0 aliphatic heterocycles. The molecule has 9 heteroatoms. The maximum Gasteiger partial charge on any atom is 0.270 e. The van der Waals surface area contributed by atoms with Crippen LogP contribution in [0.4, 0.5) is 11.4 Å². The molecule has 7 nitrogen and oxygen atoms in total. The zero-order valence-corrected chi connectivity index (χ0v) is 18.8. The van der Waals surface area contributed by atoms with E-state index in [9.17, 15) is 25.0 Å². The minimum atomic E-state index is -0.519. The van der Waals surface area contributed by atoms with Crippen molar-refractivity contribution in [3.63, 3.8) is 0 Å². The summed E-state index contributed by atoms with van der Waals surface area (Å²) in [6.45, 7) is 0. The summed E-state index contributed by atoms with van der Waals surface area (Å²) >= 11 is 12.4. The molecule has 0 heterocycles. The molecule has 0 amide bonds. The lowest BCUT2D eigenvalue weighted by Gasteiger charge is -2.13. The van der Waals surface area contributed by atoms with Crippen LogP contribution in [0.15, 0.2) is 84.9 Å². The van der Waals surface area contributed by atoms with Gasteiger partial charge in [0.15, 0.2) is 5.78 Å².